The van der Waals surface area contributed by atoms with Crippen molar-refractivity contribution in [3.63, 3.8) is 0 Å². The molecule has 9 nitrogen and oxygen atoms in total. The summed E-state index contributed by atoms with van der Waals surface area (Å²) in [6.07, 6.45) is 2.09. The van der Waals surface area contributed by atoms with Gasteiger partial charge in [0.1, 0.15) is 11.5 Å². The van der Waals surface area contributed by atoms with E-state index in [1.807, 2.05) is 25.1 Å². The topological polar surface area (TPSA) is 85.1 Å². The maximum Gasteiger partial charge on any atom is 0.336 e. The lowest BCUT2D eigenvalue weighted by atomic mass is 10.0. The maximum absolute atomic E-state index is 12.2. The highest BCUT2D eigenvalue weighted by Crippen LogP contribution is 2.38. The van der Waals surface area contributed by atoms with Gasteiger partial charge in [0.2, 0.25) is 0 Å². The van der Waals surface area contributed by atoms with E-state index in [0.29, 0.717) is 18.8 Å². The van der Waals surface area contributed by atoms with Crippen molar-refractivity contribution in [3.8, 4) is 22.6 Å². The first-order valence-electron chi connectivity index (χ1n) is 13.2. The molecule has 1 atom stereocenters. The quantitative estimate of drug-likeness (QED) is 0.477. The van der Waals surface area contributed by atoms with Crippen molar-refractivity contribution >= 4 is 11.5 Å². The maximum atomic E-state index is 12.2. The van der Waals surface area contributed by atoms with Gasteiger partial charge in [-0.1, -0.05) is 0 Å². The van der Waals surface area contributed by atoms with Crippen LogP contribution in [0.25, 0.3) is 16.6 Å². The summed E-state index contributed by atoms with van der Waals surface area (Å²) in [6.45, 7) is 10.9. The Morgan fingerprint density at radius 3 is 2.13 bits per heavy atom. The number of rotatable bonds is 8. The van der Waals surface area contributed by atoms with Gasteiger partial charge in [-0.3, -0.25) is 9.80 Å². The molecule has 2 fully saturated rings. The van der Waals surface area contributed by atoms with Gasteiger partial charge in [0.25, 0.3) is 0 Å². The highest BCUT2D eigenvalue weighted by molar-refractivity contribution is 5.92. The van der Waals surface area contributed by atoms with Gasteiger partial charge in [-0.2, -0.15) is 0 Å². The number of ether oxygens (including phenoxy) is 4. The molecule has 0 spiro atoms. The predicted molar refractivity (Wildman–Crippen MR) is 145 cm³/mol. The molecule has 2 aromatic heterocycles. The summed E-state index contributed by atoms with van der Waals surface area (Å²) in [5.41, 5.74) is 5.86. The van der Waals surface area contributed by atoms with Crippen LogP contribution in [0.2, 0.25) is 0 Å². The molecule has 0 aliphatic carbocycles. The normalized spacial score (nSPS) is 18.0. The summed E-state index contributed by atoms with van der Waals surface area (Å²) in [5, 5.41) is 9.98. The van der Waals surface area contributed by atoms with Gasteiger partial charge in [0, 0.05) is 61.7 Å². The molecule has 2 aliphatic heterocycles. The van der Waals surface area contributed by atoms with Crippen molar-refractivity contribution in [1.29, 1.82) is 0 Å². The monoisotopic (exact) mass is 523 g/mol. The van der Waals surface area contributed by atoms with Gasteiger partial charge in [-0.25, -0.2) is 4.79 Å². The van der Waals surface area contributed by atoms with Crippen molar-refractivity contribution in [2.45, 2.75) is 26.4 Å². The molecule has 2 saturated heterocycles. The number of carbonyl (C=O) groups is 1. The van der Waals surface area contributed by atoms with E-state index in [1.165, 1.54) is 0 Å². The van der Waals surface area contributed by atoms with Crippen LogP contribution in [-0.2, 0) is 16.0 Å². The standard InChI is InChI=1S/C29H37N3O6/c1-19-24(29(33)34)16-23-13-22(17-32(23)28(19)20(2)31-7-11-38-12-8-31)21-14-26(35-3)25(27(15-21)36-4)18-30-5-9-37-10-6-30/h13-17,20H,5-12,18H2,1-4H3,(H,33,34). The Morgan fingerprint density at radius 1 is 0.947 bits per heavy atom. The number of nitrogens with zero attached hydrogens (tertiary/aromatic N) is 3. The number of hydrogen-bond acceptors (Lipinski definition) is 7. The van der Waals surface area contributed by atoms with Crippen molar-refractivity contribution < 1.29 is 28.8 Å². The third kappa shape index (κ3) is 5.11. The molecule has 4 heterocycles. The summed E-state index contributed by atoms with van der Waals surface area (Å²) in [4.78, 5) is 16.9. The third-order valence-electron chi connectivity index (χ3n) is 7.84. The van der Waals surface area contributed by atoms with Crippen LogP contribution in [0.3, 0.4) is 0 Å². The lowest BCUT2D eigenvalue weighted by Gasteiger charge is -2.34. The van der Waals surface area contributed by atoms with Gasteiger partial charge in [0.05, 0.1) is 51.8 Å². The summed E-state index contributed by atoms with van der Waals surface area (Å²) in [7, 11) is 3.37. The molecule has 38 heavy (non-hydrogen) atoms. The van der Waals surface area contributed by atoms with Crippen LogP contribution in [-0.4, -0.2) is 92.1 Å². The minimum absolute atomic E-state index is 0.0286. The Kier molecular flexibility index (Phi) is 7.90. The number of aromatic carboxylic acids is 1. The minimum Gasteiger partial charge on any atom is -0.496 e. The number of morpholine rings is 2. The summed E-state index contributed by atoms with van der Waals surface area (Å²) in [5.74, 6) is 0.620. The zero-order chi connectivity index (χ0) is 26.8. The van der Waals surface area contributed by atoms with E-state index in [4.69, 9.17) is 18.9 Å². The zero-order valence-corrected chi connectivity index (χ0v) is 22.7. The molecule has 0 saturated carbocycles. The number of fused-ring (bicyclic) bond motifs is 1. The zero-order valence-electron chi connectivity index (χ0n) is 22.7. The largest absolute Gasteiger partial charge is 0.496 e. The first-order valence-corrected chi connectivity index (χ1v) is 13.2. The highest BCUT2D eigenvalue weighted by atomic mass is 16.5. The van der Waals surface area contributed by atoms with E-state index in [-0.39, 0.29) is 6.04 Å². The Hall–Kier alpha value is -3.11. The molecule has 0 radical (unpaired) electrons. The average Bonchev–Trinajstić information content (AvgIpc) is 3.37. The van der Waals surface area contributed by atoms with Crippen LogP contribution in [0.1, 0.15) is 40.1 Å². The minimum atomic E-state index is -0.918. The molecule has 2 aliphatic rings. The lowest BCUT2D eigenvalue weighted by Crippen LogP contribution is -2.39. The van der Waals surface area contributed by atoms with Crippen LogP contribution in [0, 0.1) is 6.92 Å². The smallest absolute Gasteiger partial charge is 0.336 e. The molecule has 5 rings (SSSR count). The van der Waals surface area contributed by atoms with Crippen molar-refractivity contribution in [1.82, 2.24) is 14.2 Å². The van der Waals surface area contributed by atoms with Crippen molar-refractivity contribution in [3.05, 3.63) is 52.8 Å². The lowest BCUT2D eigenvalue weighted by molar-refractivity contribution is 0.0187. The molecule has 1 aromatic carbocycles. The summed E-state index contributed by atoms with van der Waals surface area (Å²) >= 11 is 0. The van der Waals surface area contributed by atoms with E-state index in [2.05, 4.69) is 27.3 Å². The number of pyridine rings is 1. The van der Waals surface area contributed by atoms with E-state index < -0.39 is 5.97 Å². The Balaban J connectivity index is 1.59. The van der Waals surface area contributed by atoms with Crippen molar-refractivity contribution in [2.75, 3.05) is 66.8 Å². The number of carboxylic acids is 1. The van der Waals surface area contributed by atoms with Crippen LogP contribution >= 0.6 is 0 Å². The fraction of sp³-hybridized carbons (Fsp3) is 0.483. The molecule has 9 heteroatoms. The number of carboxylic acid groups (broad SMARTS) is 1. The second-order valence-electron chi connectivity index (χ2n) is 9.97. The average molecular weight is 524 g/mol. The molecule has 1 N–H and O–H groups in total. The van der Waals surface area contributed by atoms with E-state index in [0.717, 1.165) is 90.9 Å². The van der Waals surface area contributed by atoms with Crippen molar-refractivity contribution in [2.24, 2.45) is 0 Å². The Bertz CT molecular complexity index is 1280. The van der Waals surface area contributed by atoms with E-state index in [1.54, 1.807) is 20.3 Å². The fourth-order valence-electron chi connectivity index (χ4n) is 5.70. The second kappa shape index (κ2) is 11.3. The number of benzene rings is 1. The SMILES string of the molecule is COc1cc(-c2cc3cc(C(=O)O)c(C)c(C(C)N4CCOCC4)n3c2)cc(OC)c1CN1CCOCC1. The Morgan fingerprint density at radius 2 is 1.55 bits per heavy atom. The predicted octanol–water partition coefficient (Wildman–Crippen LogP) is 3.86. The van der Waals surface area contributed by atoms with Crippen LogP contribution in [0.4, 0.5) is 0 Å². The Labute approximate surface area is 223 Å². The van der Waals surface area contributed by atoms with Gasteiger partial charge in [-0.05, 0) is 49.2 Å². The van der Waals surface area contributed by atoms with Gasteiger partial charge in [-0.15, -0.1) is 0 Å². The molecular weight excluding hydrogens is 486 g/mol. The van der Waals surface area contributed by atoms with E-state index in [9.17, 15) is 9.90 Å². The number of methoxy groups -OCH3 is 2. The van der Waals surface area contributed by atoms with Gasteiger partial charge < -0.3 is 28.5 Å². The first-order chi connectivity index (χ1) is 18.4. The molecule has 204 valence electrons. The third-order valence-corrected chi connectivity index (χ3v) is 7.84. The van der Waals surface area contributed by atoms with Crippen LogP contribution < -0.4 is 9.47 Å². The van der Waals surface area contributed by atoms with Gasteiger partial charge in [0.15, 0.2) is 0 Å². The molecule has 3 aromatic rings. The summed E-state index contributed by atoms with van der Waals surface area (Å²) < 4.78 is 24.9. The second-order valence-corrected chi connectivity index (χ2v) is 9.97. The van der Waals surface area contributed by atoms with Gasteiger partial charge >= 0.3 is 5.97 Å². The number of aromatic nitrogens is 1. The first kappa shape index (κ1) is 26.5. The van der Waals surface area contributed by atoms with E-state index >= 15 is 0 Å². The van der Waals surface area contributed by atoms with Crippen LogP contribution in [0.15, 0.2) is 30.5 Å². The molecule has 0 amide bonds. The summed E-state index contributed by atoms with van der Waals surface area (Å²) in [6, 6.07) is 7.92. The molecule has 0 bridgehead atoms. The van der Waals surface area contributed by atoms with Crippen LogP contribution in [0.5, 0.6) is 11.5 Å². The number of hydrogen-bond donors (Lipinski definition) is 1. The molecular formula is C29H37N3O6. The molecule has 1 unspecified atom stereocenters. The fourth-order valence-corrected chi connectivity index (χ4v) is 5.70. The highest BCUT2D eigenvalue weighted by Gasteiger charge is 2.26.